The van der Waals surface area contributed by atoms with E-state index in [-0.39, 0.29) is 36.5 Å². The molecule has 0 aliphatic carbocycles. The van der Waals surface area contributed by atoms with E-state index in [0.29, 0.717) is 12.8 Å². The molecule has 0 radical (unpaired) electrons. The Morgan fingerprint density at radius 3 is 1.59 bits per heavy atom. The van der Waals surface area contributed by atoms with Gasteiger partial charge in [0.1, 0.15) is 23.9 Å². The molecule has 7 nitrogen and oxygen atoms in total. The van der Waals surface area contributed by atoms with Crippen LogP contribution in [0.2, 0.25) is 23.2 Å². The molecular formula is C50H66O7Si2. The van der Waals surface area contributed by atoms with Crippen LogP contribution in [0.25, 0.3) is 0 Å². The molecule has 4 aromatic rings. The summed E-state index contributed by atoms with van der Waals surface area (Å²) in [5.74, 6) is -1.38. The predicted octanol–water partition coefficient (Wildman–Crippen LogP) is 9.50. The highest BCUT2D eigenvalue weighted by Crippen LogP contribution is 2.58. The Morgan fingerprint density at radius 2 is 1.15 bits per heavy atom. The SMILES string of the molecule is C=CCC[C@]12O[C@H](CO[Si](C)(C)C(C)(C)C)[C@@](O)(C=C)[C@](CO[Si](c3ccccc3)(c3ccccc3)C(C)(C)C)(O1)[C@H](OCc1ccccc1)[C@H]2OCc1ccccc1. The van der Waals surface area contributed by atoms with E-state index >= 15 is 0 Å². The Labute approximate surface area is 355 Å². The van der Waals surface area contributed by atoms with Gasteiger partial charge in [-0.25, -0.2) is 0 Å². The third-order valence-corrected chi connectivity index (χ3v) is 22.4. The number of hydrogen-bond donors (Lipinski definition) is 1. The number of fused-ring (bicyclic) bond motifs is 2. The van der Waals surface area contributed by atoms with Crippen molar-refractivity contribution in [1.82, 2.24) is 0 Å². The Balaban J connectivity index is 1.58. The van der Waals surface area contributed by atoms with Crippen LogP contribution in [0.3, 0.4) is 0 Å². The highest BCUT2D eigenvalue weighted by molar-refractivity contribution is 6.99. The summed E-state index contributed by atoms with van der Waals surface area (Å²) in [5, 5.41) is 15.4. The standard InChI is InChI=1S/C50H66O7Si2/c1-11-13-34-50-45(53-36-40-28-20-15-21-29-40)44(52-35-39-26-18-14-19-27-39)49(57-50,48(51,12-2)43(56-50)37-54-58(9,10)46(3,4)5)38-55-59(47(6,7)8,41-30-22-16-23-31-41)42-32-24-17-25-33-42/h11-12,14-33,43-45,51H,1-2,13,34-38H2,3-10H3/t43-,44-,45-,48+,49-,50+/m1/s1. The van der Waals surface area contributed by atoms with Crippen molar-refractivity contribution < 1.29 is 32.9 Å². The molecule has 2 fully saturated rings. The van der Waals surface area contributed by atoms with Gasteiger partial charge in [0.15, 0.2) is 19.7 Å². The van der Waals surface area contributed by atoms with E-state index in [2.05, 4.69) is 116 Å². The summed E-state index contributed by atoms with van der Waals surface area (Å²) in [7, 11) is -5.56. The molecule has 316 valence electrons. The molecule has 2 heterocycles. The maximum atomic E-state index is 13.7. The van der Waals surface area contributed by atoms with E-state index in [1.807, 2.05) is 78.9 Å². The molecule has 1 N–H and O–H groups in total. The summed E-state index contributed by atoms with van der Waals surface area (Å²) >= 11 is 0. The van der Waals surface area contributed by atoms with Crippen LogP contribution in [0.15, 0.2) is 147 Å². The molecule has 9 heteroatoms. The normalized spacial score (nSPS) is 26.1. The number of benzene rings is 4. The van der Waals surface area contributed by atoms with Gasteiger partial charge >= 0.3 is 0 Å². The highest BCUT2D eigenvalue weighted by Gasteiger charge is 2.78. The van der Waals surface area contributed by atoms with Crippen molar-refractivity contribution in [3.05, 3.63) is 158 Å². The monoisotopic (exact) mass is 834 g/mol. The van der Waals surface area contributed by atoms with Gasteiger partial charge in [-0.1, -0.05) is 175 Å². The van der Waals surface area contributed by atoms with Crippen molar-refractivity contribution in [3.8, 4) is 0 Å². The molecule has 0 amide bonds. The van der Waals surface area contributed by atoms with E-state index in [4.69, 9.17) is 27.8 Å². The maximum Gasteiger partial charge on any atom is 0.261 e. The zero-order chi connectivity index (χ0) is 42.6. The third-order valence-electron chi connectivity index (χ3n) is 12.9. The molecule has 0 saturated carbocycles. The van der Waals surface area contributed by atoms with Crippen LogP contribution in [-0.2, 0) is 41.0 Å². The molecule has 59 heavy (non-hydrogen) atoms. The van der Waals surface area contributed by atoms with Crippen molar-refractivity contribution >= 4 is 27.0 Å². The zero-order valence-corrected chi connectivity index (χ0v) is 38.5. The Morgan fingerprint density at radius 1 is 0.678 bits per heavy atom. The molecule has 2 saturated heterocycles. The van der Waals surface area contributed by atoms with Crippen LogP contribution in [0.5, 0.6) is 0 Å². The minimum absolute atomic E-state index is 0.0523. The minimum Gasteiger partial charge on any atom is -0.414 e. The Bertz CT molecular complexity index is 1930. The van der Waals surface area contributed by atoms with Crippen molar-refractivity contribution in [2.24, 2.45) is 0 Å². The second-order valence-corrected chi connectivity index (χ2v) is 27.8. The van der Waals surface area contributed by atoms with Gasteiger partial charge in [0.25, 0.3) is 8.32 Å². The fourth-order valence-corrected chi connectivity index (χ4v) is 14.2. The molecule has 2 aliphatic heterocycles. The lowest BCUT2D eigenvalue weighted by Crippen LogP contribution is -2.75. The summed E-state index contributed by atoms with van der Waals surface area (Å²) in [5.41, 5.74) is -1.49. The quantitative estimate of drug-likeness (QED) is 0.0791. The smallest absolute Gasteiger partial charge is 0.261 e. The Kier molecular flexibility index (Phi) is 13.6. The largest absolute Gasteiger partial charge is 0.414 e. The van der Waals surface area contributed by atoms with E-state index in [9.17, 15) is 5.11 Å². The Hall–Kier alpha value is -3.49. The summed E-state index contributed by atoms with van der Waals surface area (Å²) in [6.45, 7) is 26.7. The van der Waals surface area contributed by atoms with Crippen LogP contribution in [0.4, 0.5) is 0 Å². The number of aliphatic hydroxyl groups is 1. The van der Waals surface area contributed by atoms with Crippen molar-refractivity contribution in [2.45, 2.75) is 126 Å². The van der Waals surface area contributed by atoms with Crippen LogP contribution in [0.1, 0.15) is 65.5 Å². The van der Waals surface area contributed by atoms with Crippen LogP contribution in [-0.4, -0.2) is 70.3 Å². The molecule has 0 unspecified atom stereocenters. The number of rotatable bonds is 18. The lowest BCUT2D eigenvalue weighted by Gasteiger charge is -2.55. The molecule has 4 aromatic carbocycles. The predicted molar refractivity (Wildman–Crippen MR) is 243 cm³/mol. The van der Waals surface area contributed by atoms with Gasteiger partial charge in [0.05, 0.1) is 26.4 Å². The minimum atomic E-state index is -3.21. The first-order valence-electron chi connectivity index (χ1n) is 21.0. The van der Waals surface area contributed by atoms with Crippen LogP contribution >= 0.6 is 0 Å². The van der Waals surface area contributed by atoms with E-state index < -0.39 is 51.9 Å². The third kappa shape index (κ3) is 8.69. The average Bonchev–Trinajstić information content (AvgIpc) is 3.46. The molecule has 2 bridgehead atoms. The second-order valence-electron chi connectivity index (χ2n) is 18.7. The number of allylic oxidation sites excluding steroid dienone is 1. The molecule has 0 aromatic heterocycles. The van der Waals surface area contributed by atoms with E-state index in [0.717, 1.165) is 21.5 Å². The first kappa shape index (κ1) is 45.1. The van der Waals surface area contributed by atoms with Gasteiger partial charge in [-0.2, -0.15) is 0 Å². The van der Waals surface area contributed by atoms with Gasteiger partial charge < -0.3 is 32.9 Å². The van der Waals surface area contributed by atoms with Gasteiger partial charge in [-0.3, -0.25) is 0 Å². The summed E-state index contributed by atoms with van der Waals surface area (Å²) in [6, 6.07) is 41.1. The average molecular weight is 835 g/mol. The van der Waals surface area contributed by atoms with Gasteiger partial charge in [0, 0.05) is 6.42 Å². The van der Waals surface area contributed by atoms with Gasteiger partial charge in [-0.15, -0.1) is 13.2 Å². The fraction of sp³-hybridized carbons (Fsp3) is 0.440. The molecule has 6 rings (SSSR count). The topological polar surface area (TPSA) is 75.6 Å². The maximum absolute atomic E-state index is 13.7. The second kappa shape index (κ2) is 17.9. The molecule has 0 spiro atoms. The van der Waals surface area contributed by atoms with Crippen molar-refractivity contribution in [1.29, 1.82) is 0 Å². The van der Waals surface area contributed by atoms with Gasteiger partial charge in [0.2, 0.25) is 0 Å². The molecule has 6 atom stereocenters. The first-order valence-corrected chi connectivity index (χ1v) is 25.9. The van der Waals surface area contributed by atoms with Crippen molar-refractivity contribution in [2.75, 3.05) is 13.2 Å². The fourth-order valence-electron chi connectivity index (χ4n) is 8.59. The number of ether oxygens (including phenoxy) is 4. The molecule has 2 aliphatic rings. The van der Waals surface area contributed by atoms with Crippen LogP contribution in [0, 0.1) is 0 Å². The van der Waals surface area contributed by atoms with Gasteiger partial charge in [-0.05, 0) is 51.1 Å². The van der Waals surface area contributed by atoms with Crippen LogP contribution < -0.4 is 10.4 Å². The lowest BCUT2D eigenvalue weighted by molar-refractivity contribution is -0.391. The summed E-state index contributed by atoms with van der Waals surface area (Å²) in [4.78, 5) is 0. The molecular weight excluding hydrogens is 769 g/mol. The lowest BCUT2D eigenvalue weighted by atomic mass is 9.75. The number of hydrogen-bond acceptors (Lipinski definition) is 7. The highest BCUT2D eigenvalue weighted by atomic mass is 28.4. The zero-order valence-electron chi connectivity index (χ0n) is 36.5. The van der Waals surface area contributed by atoms with E-state index in [1.165, 1.54) is 0 Å². The first-order chi connectivity index (χ1) is 28.0. The van der Waals surface area contributed by atoms with E-state index in [1.54, 1.807) is 6.08 Å². The summed E-state index contributed by atoms with van der Waals surface area (Å²) in [6.07, 6.45) is 1.77. The van der Waals surface area contributed by atoms with Crippen molar-refractivity contribution in [3.63, 3.8) is 0 Å². The summed E-state index contributed by atoms with van der Waals surface area (Å²) < 4.78 is 43.6.